The van der Waals surface area contributed by atoms with Crippen LogP contribution in [0.3, 0.4) is 0 Å². The predicted molar refractivity (Wildman–Crippen MR) is 81.5 cm³/mol. The first-order valence-electron chi connectivity index (χ1n) is 6.46. The SMILES string of the molecule is COC1CCCC1NC(C)c1ccc(Cl)c(Cl)c1Cl. The number of halogens is 3. The zero-order valence-corrected chi connectivity index (χ0v) is 13.3. The fraction of sp³-hybridized carbons (Fsp3) is 0.571. The van der Waals surface area contributed by atoms with Crippen molar-refractivity contribution in [2.24, 2.45) is 0 Å². The third kappa shape index (κ3) is 3.37. The summed E-state index contributed by atoms with van der Waals surface area (Å²) in [6.07, 6.45) is 3.71. The number of hydrogen-bond donors (Lipinski definition) is 1. The molecule has 5 heteroatoms. The van der Waals surface area contributed by atoms with E-state index in [9.17, 15) is 0 Å². The van der Waals surface area contributed by atoms with Gasteiger partial charge in [0.2, 0.25) is 0 Å². The van der Waals surface area contributed by atoms with Gasteiger partial charge in [0.15, 0.2) is 0 Å². The average molecular weight is 323 g/mol. The number of benzene rings is 1. The van der Waals surface area contributed by atoms with Gasteiger partial charge in [0.05, 0.1) is 21.2 Å². The van der Waals surface area contributed by atoms with Crippen LogP contribution in [0.1, 0.15) is 37.8 Å². The van der Waals surface area contributed by atoms with Gasteiger partial charge in [-0.15, -0.1) is 0 Å². The van der Waals surface area contributed by atoms with Crippen LogP contribution in [-0.2, 0) is 4.74 Å². The molecular formula is C14H18Cl3NO. The molecule has 0 bridgehead atoms. The minimum Gasteiger partial charge on any atom is -0.380 e. The quantitative estimate of drug-likeness (QED) is 0.799. The molecule has 0 aromatic heterocycles. The summed E-state index contributed by atoms with van der Waals surface area (Å²) in [5.74, 6) is 0. The number of methoxy groups -OCH3 is 1. The van der Waals surface area contributed by atoms with Crippen molar-refractivity contribution in [2.45, 2.75) is 44.4 Å². The van der Waals surface area contributed by atoms with Crippen LogP contribution in [0.25, 0.3) is 0 Å². The van der Waals surface area contributed by atoms with E-state index < -0.39 is 0 Å². The normalized spacial score (nSPS) is 24.7. The van der Waals surface area contributed by atoms with Crippen LogP contribution in [-0.4, -0.2) is 19.3 Å². The van der Waals surface area contributed by atoms with Crippen LogP contribution in [0.2, 0.25) is 15.1 Å². The Morgan fingerprint density at radius 2 is 1.95 bits per heavy atom. The fourth-order valence-electron chi connectivity index (χ4n) is 2.68. The number of hydrogen-bond acceptors (Lipinski definition) is 2. The predicted octanol–water partition coefficient (Wildman–Crippen LogP) is 4.86. The maximum Gasteiger partial charge on any atom is 0.0781 e. The lowest BCUT2D eigenvalue weighted by Crippen LogP contribution is -2.38. The molecule has 3 atom stereocenters. The molecule has 1 fully saturated rings. The molecule has 1 aliphatic carbocycles. The Bertz CT molecular complexity index is 453. The first-order valence-corrected chi connectivity index (χ1v) is 7.60. The van der Waals surface area contributed by atoms with Crippen LogP contribution in [0.5, 0.6) is 0 Å². The largest absolute Gasteiger partial charge is 0.380 e. The molecular weight excluding hydrogens is 305 g/mol. The molecule has 106 valence electrons. The molecule has 1 aliphatic rings. The van der Waals surface area contributed by atoms with E-state index in [0.29, 0.717) is 21.1 Å². The van der Waals surface area contributed by atoms with Gasteiger partial charge in [-0.3, -0.25) is 0 Å². The van der Waals surface area contributed by atoms with Gasteiger partial charge in [-0.1, -0.05) is 40.9 Å². The van der Waals surface area contributed by atoms with Gasteiger partial charge in [-0.05, 0) is 37.8 Å². The molecule has 0 amide bonds. The molecule has 0 aliphatic heterocycles. The summed E-state index contributed by atoms with van der Waals surface area (Å²) in [5.41, 5.74) is 0.970. The fourth-order valence-corrected chi connectivity index (χ4v) is 3.39. The van der Waals surface area contributed by atoms with Crippen molar-refractivity contribution in [3.05, 3.63) is 32.8 Å². The third-order valence-corrected chi connectivity index (χ3v) is 5.06. The molecule has 3 unspecified atom stereocenters. The second kappa shape index (κ2) is 6.64. The topological polar surface area (TPSA) is 21.3 Å². The van der Waals surface area contributed by atoms with Gasteiger partial charge in [0.25, 0.3) is 0 Å². The summed E-state index contributed by atoms with van der Waals surface area (Å²) >= 11 is 18.3. The Hall–Kier alpha value is 0.01000. The molecule has 1 aromatic rings. The van der Waals surface area contributed by atoms with Crippen LogP contribution >= 0.6 is 34.8 Å². The van der Waals surface area contributed by atoms with Crippen LogP contribution in [0, 0.1) is 0 Å². The lowest BCUT2D eigenvalue weighted by molar-refractivity contribution is 0.0820. The van der Waals surface area contributed by atoms with Crippen LogP contribution in [0.4, 0.5) is 0 Å². The first kappa shape index (κ1) is 15.4. The summed E-state index contributed by atoms with van der Waals surface area (Å²) in [7, 11) is 1.77. The lowest BCUT2D eigenvalue weighted by Gasteiger charge is -2.25. The Morgan fingerprint density at radius 3 is 2.63 bits per heavy atom. The van der Waals surface area contributed by atoms with E-state index in [0.717, 1.165) is 18.4 Å². The standard InChI is InChI=1S/C14H18Cl3NO/c1-8(18-11-4-3-5-12(11)19-2)9-6-7-10(15)14(17)13(9)16/h6-8,11-12,18H,3-5H2,1-2H3. The van der Waals surface area contributed by atoms with E-state index in [1.165, 1.54) is 6.42 Å². The maximum atomic E-state index is 6.26. The zero-order valence-electron chi connectivity index (χ0n) is 11.1. The van der Waals surface area contributed by atoms with E-state index in [1.54, 1.807) is 13.2 Å². The highest BCUT2D eigenvalue weighted by Crippen LogP contribution is 2.36. The van der Waals surface area contributed by atoms with Gasteiger partial charge in [-0.25, -0.2) is 0 Å². The molecule has 1 N–H and O–H groups in total. The van der Waals surface area contributed by atoms with Gasteiger partial charge < -0.3 is 10.1 Å². The number of rotatable bonds is 4. The molecule has 19 heavy (non-hydrogen) atoms. The first-order chi connectivity index (χ1) is 9.04. The van der Waals surface area contributed by atoms with Crippen molar-refractivity contribution in [1.82, 2.24) is 5.32 Å². The van der Waals surface area contributed by atoms with Crippen molar-refractivity contribution in [2.75, 3.05) is 7.11 Å². The lowest BCUT2D eigenvalue weighted by atomic mass is 10.1. The van der Waals surface area contributed by atoms with Gasteiger partial charge in [0.1, 0.15) is 0 Å². The highest BCUT2D eigenvalue weighted by atomic mass is 35.5. The van der Waals surface area contributed by atoms with E-state index in [1.807, 2.05) is 6.07 Å². The second-order valence-corrected chi connectivity index (χ2v) is 6.13. The highest BCUT2D eigenvalue weighted by molar-refractivity contribution is 6.48. The summed E-state index contributed by atoms with van der Waals surface area (Å²) in [6, 6.07) is 4.19. The Balaban J connectivity index is 2.12. The van der Waals surface area contributed by atoms with Crippen molar-refractivity contribution in [3.63, 3.8) is 0 Å². The summed E-state index contributed by atoms with van der Waals surface area (Å²) in [4.78, 5) is 0. The third-order valence-electron chi connectivity index (χ3n) is 3.75. The molecule has 2 rings (SSSR count). The van der Waals surface area contributed by atoms with Crippen molar-refractivity contribution in [3.8, 4) is 0 Å². The van der Waals surface area contributed by atoms with Crippen molar-refractivity contribution in [1.29, 1.82) is 0 Å². The van der Waals surface area contributed by atoms with Gasteiger partial charge in [-0.2, -0.15) is 0 Å². The van der Waals surface area contributed by atoms with Gasteiger partial charge in [0, 0.05) is 19.2 Å². The molecule has 0 heterocycles. The number of nitrogens with one attached hydrogen (secondary N) is 1. The summed E-state index contributed by atoms with van der Waals surface area (Å²) in [6.45, 7) is 2.08. The Morgan fingerprint density at radius 1 is 1.21 bits per heavy atom. The summed E-state index contributed by atoms with van der Waals surface area (Å²) in [5, 5.41) is 5.01. The van der Waals surface area contributed by atoms with Gasteiger partial charge >= 0.3 is 0 Å². The van der Waals surface area contributed by atoms with E-state index >= 15 is 0 Å². The molecule has 2 nitrogen and oxygen atoms in total. The highest BCUT2D eigenvalue weighted by Gasteiger charge is 2.28. The molecule has 1 saturated carbocycles. The van der Waals surface area contributed by atoms with Crippen molar-refractivity contribution < 1.29 is 4.74 Å². The Labute approximate surface area is 129 Å². The van der Waals surface area contributed by atoms with E-state index in [4.69, 9.17) is 39.5 Å². The average Bonchev–Trinajstić information content (AvgIpc) is 2.83. The maximum absolute atomic E-state index is 6.26. The minimum absolute atomic E-state index is 0.114. The zero-order chi connectivity index (χ0) is 14.0. The van der Waals surface area contributed by atoms with E-state index in [2.05, 4.69) is 12.2 Å². The molecule has 0 radical (unpaired) electrons. The molecule has 0 spiro atoms. The van der Waals surface area contributed by atoms with Crippen LogP contribution < -0.4 is 5.32 Å². The van der Waals surface area contributed by atoms with Crippen LogP contribution in [0.15, 0.2) is 12.1 Å². The molecule has 1 aromatic carbocycles. The van der Waals surface area contributed by atoms with Crippen molar-refractivity contribution >= 4 is 34.8 Å². The summed E-state index contributed by atoms with van der Waals surface area (Å²) < 4.78 is 5.49. The minimum atomic E-state index is 0.114. The molecule has 0 saturated heterocycles. The number of ether oxygens (including phenoxy) is 1. The Kier molecular flexibility index (Phi) is 5.38. The van der Waals surface area contributed by atoms with E-state index in [-0.39, 0.29) is 12.1 Å². The monoisotopic (exact) mass is 321 g/mol. The second-order valence-electron chi connectivity index (χ2n) is 4.96. The smallest absolute Gasteiger partial charge is 0.0781 e.